The van der Waals surface area contributed by atoms with Gasteiger partial charge in [-0.05, 0) is 56.5 Å². The highest BCUT2D eigenvalue weighted by Gasteiger charge is 2.25. The van der Waals surface area contributed by atoms with E-state index in [0.717, 1.165) is 22.4 Å². The Hall–Kier alpha value is -1.41. The van der Waals surface area contributed by atoms with Crippen LogP contribution in [0.4, 0.5) is 5.69 Å². The predicted molar refractivity (Wildman–Crippen MR) is 94.1 cm³/mol. The Bertz CT molecular complexity index is 814. The maximum absolute atomic E-state index is 12.6. The Labute approximate surface area is 141 Å². The van der Waals surface area contributed by atoms with E-state index in [9.17, 15) is 8.42 Å². The zero-order chi connectivity index (χ0) is 16.6. The first kappa shape index (κ1) is 16.4. The summed E-state index contributed by atoms with van der Waals surface area (Å²) in [6.45, 7) is 5.99. The minimum absolute atomic E-state index is 0.166. The molecule has 0 spiro atoms. The number of benzene rings is 1. The zero-order valence-electron chi connectivity index (χ0n) is 13.4. The van der Waals surface area contributed by atoms with Gasteiger partial charge in [0.25, 0.3) is 10.0 Å². The summed E-state index contributed by atoms with van der Waals surface area (Å²) in [5.41, 5.74) is 9.00. The average molecular weight is 351 g/mol. The second kappa shape index (κ2) is 6.24. The molecule has 0 aliphatic carbocycles. The Morgan fingerprint density at radius 2 is 1.96 bits per heavy atom. The van der Waals surface area contributed by atoms with Crippen LogP contribution in [0.2, 0.25) is 0 Å². The van der Waals surface area contributed by atoms with E-state index in [1.807, 2.05) is 32.0 Å². The summed E-state index contributed by atoms with van der Waals surface area (Å²) in [6.07, 6.45) is 0.949. The smallest absolute Gasteiger partial charge is 0.271 e. The third-order valence-electron chi connectivity index (χ3n) is 4.15. The molecule has 2 aromatic rings. The number of anilines is 1. The van der Waals surface area contributed by atoms with Crippen molar-refractivity contribution in [3.63, 3.8) is 0 Å². The maximum Gasteiger partial charge on any atom is 0.271 e. The third kappa shape index (κ3) is 3.42. The van der Waals surface area contributed by atoms with Gasteiger partial charge >= 0.3 is 0 Å². The molecule has 124 valence electrons. The largest absolute Gasteiger partial charge is 0.279 e. The standard InChI is InChI=1S/C16H21N3O2S2/c1-10-5-4-6-13(12(10)3)19-23(20,21)16-8-7-15(22-16)14-9-11(2)17-18-14/h4-8,11,14,17-19H,9H2,1-3H3. The van der Waals surface area contributed by atoms with Gasteiger partial charge in [-0.25, -0.2) is 13.8 Å². The minimum atomic E-state index is -3.55. The van der Waals surface area contributed by atoms with Crippen molar-refractivity contribution in [3.8, 4) is 0 Å². The third-order valence-corrected chi connectivity index (χ3v) is 7.21. The van der Waals surface area contributed by atoms with E-state index in [1.54, 1.807) is 12.1 Å². The lowest BCUT2D eigenvalue weighted by molar-refractivity contribution is 0.564. The van der Waals surface area contributed by atoms with Gasteiger partial charge in [-0.15, -0.1) is 11.3 Å². The quantitative estimate of drug-likeness (QED) is 0.792. The van der Waals surface area contributed by atoms with Crippen LogP contribution in [0.15, 0.2) is 34.5 Å². The molecule has 23 heavy (non-hydrogen) atoms. The minimum Gasteiger partial charge on any atom is -0.279 e. The molecular weight excluding hydrogens is 330 g/mol. The van der Waals surface area contributed by atoms with Crippen molar-refractivity contribution in [2.24, 2.45) is 0 Å². The summed E-state index contributed by atoms with van der Waals surface area (Å²) < 4.78 is 28.3. The summed E-state index contributed by atoms with van der Waals surface area (Å²) in [5.74, 6) is 0. The van der Waals surface area contributed by atoms with Crippen molar-refractivity contribution in [2.45, 2.75) is 43.5 Å². The molecule has 2 heterocycles. The SMILES string of the molecule is Cc1cccc(NS(=O)(=O)c2ccc(C3CC(C)NN3)s2)c1C. The van der Waals surface area contributed by atoms with E-state index in [1.165, 1.54) is 11.3 Å². The molecule has 2 atom stereocenters. The van der Waals surface area contributed by atoms with Crippen LogP contribution in [0.5, 0.6) is 0 Å². The number of hydrazine groups is 1. The van der Waals surface area contributed by atoms with E-state index in [-0.39, 0.29) is 6.04 Å². The first-order valence-electron chi connectivity index (χ1n) is 7.56. The van der Waals surface area contributed by atoms with Crippen LogP contribution in [0, 0.1) is 13.8 Å². The van der Waals surface area contributed by atoms with E-state index in [4.69, 9.17) is 0 Å². The topological polar surface area (TPSA) is 70.2 Å². The van der Waals surface area contributed by atoms with E-state index >= 15 is 0 Å². The Morgan fingerprint density at radius 1 is 1.17 bits per heavy atom. The molecule has 3 rings (SSSR count). The van der Waals surface area contributed by atoms with Crippen LogP contribution >= 0.6 is 11.3 Å². The average Bonchev–Trinajstić information content (AvgIpc) is 3.12. The molecule has 1 fully saturated rings. The van der Waals surface area contributed by atoms with Gasteiger partial charge in [-0.3, -0.25) is 10.1 Å². The number of nitrogens with one attached hydrogen (secondary N) is 3. The van der Waals surface area contributed by atoms with Crippen molar-refractivity contribution in [3.05, 3.63) is 46.3 Å². The molecule has 0 amide bonds. The first-order valence-corrected chi connectivity index (χ1v) is 9.86. The molecule has 1 aromatic heterocycles. The van der Waals surface area contributed by atoms with Crippen molar-refractivity contribution < 1.29 is 8.42 Å². The Balaban J connectivity index is 1.83. The number of rotatable bonds is 4. The Morgan fingerprint density at radius 3 is 2.65 bits per heavy atom. The predicted octanol–water partition coefficient (Wildman–Crippen LogP) is 3.09. The summed E-state index contributed by atoms with van der Waals surface area (Å²) in [7, 11) is -3.55. The molecule has 1 aromatic carbocycles. The summed E-state index contributed by atoms with van der Waals surface area (Å²) in [4.78, 5) is 1.03. The lowest BCUT2D eigenvalue weighted by atomic mass is 10.1. The van der Waals surface area contributed by atoms with Gasteiger partial charge in [0, 0.05) is 10.9 Å². The summed E-state index contributed by atoms with van der Waals surface area (Å²) >= 11 is 1.32. The highest BCUT2D eigenvalue weighted by molar-refractivity contribution is 7.94. The van der Waals surface area contributed by atoms with Crippen molar-refractivity contribution in [1.82, 2.24) is 10.9 Å². The second-order valence-corrected chi connectivity index (χ2v) is 9.01. The van der Waals surface area contributed by atoms with Crippen molar-refractivity contribution in [2.75, 3.05) is 4.72 Å². The summed E-state index contributed by atoms with van der Waals surface area (Å²) in [6, 6.07) is 9.73. The fourth-order valence-corrected chi connectivity index (χ4v) is 5.14. The molecule has 2 unspecified atom stereocenters. The first-order chi connectivity index (χ1) is 10.9. The van der Waals surface area contributed by atoms with Crippen LogP contribution in [0.25, 0.3) is 0 Å². The van der Waals surface area contributed by atoms with Crippen LogP contribution in [0.1, 0.15) is 35.4 Å². The van der Waals surface area contributed by atoms with Gasteiger partial charge in [0.2, 0.25) is 0 Å². The van der Waals surface area contributed by atoms with E-state index in [0.29, 0.717) is 15.9 Å². The van der Waals surface area contributed by atoms with Gasteiger partial charge in [-0.2, -0.15) is 0 Å². The number of thiophene rings is 1. The number of aryl methyl sites for hydroxylation is 1. The van der Waals surface area contributed by atoms with Crippen LogP contribution < -0.4 is 15.6 Å². The molecule has 1 aliphatic heterocycles. The van der Waals surface area contributed by atoms with Crippen LogP contribution in [0.3, 0.4) is 0 Å². The molecule has 3 N–H and O–H groups in total. The molecule has 1 aliphatic rings. The number of sulfonamides is 1. The molecule has 1 saturated heterocycles. The van der Waals surface area contributed by atoms with Crippen molar-refractivity contribution in [1.29, 1.82) is 0 Å². The lowest BCUT2D eigenvalue weighted by Crippen LogP contribution is -2.28. The maximum atomic E-state index is 12.6. The van der Waals surface area contributed by atoms with Crippen LogP contribution in [-0.2, 0) is 10.0 Å². The van der Waals surface area contributed by atoms with Gasteiger partial charge in [0.15, 0.2) is 0 Å². The van der Waals surface area contributed by atoms with Crippen LogP contribution in [-0.4, -0.2) is 14.5 Å². The molecule has 0 bridgehead atoms. The van der Waals surface area contributed by atoms with Crippen molar-refractivity contribution >= 4 is 27.0 Å². The highest BCUT2D eigenvalue weighted by Crippen LogP contribution is 2.32. The fourth-order valence-electron chi connectivity index (χ4n) is 2.62. The van der Waals surface area contributed by atoms with E-state index < -0.39 is 10.0 Å². The number of hydrogen-bond donors (Lipinski definition) is 3. The van der Waals surface area contributed by atoms with Gasteiger partial charge in [-0.1, -0.05) is 12.1 Å². The van der Waals surface area contributed by atoms with Gasteiger partial charge < -0.3 is 0 Å². The zero-order valence-corrected chi connectivity index (χ0v) is 15.0. The molecule has 0 radical (unpaired) electrons. The molecule has 5 nitrogen and oxygen atoms in total. The van der Waals surface area contributed by atoms with Gasteiger partial charge in [0.1, 0.15) is 4.21 Å². The summed E-state index contributed by atoms with van der Waals surface area (Å²) in [5, 5.41) is 0. The Kier molecular flexibility index (Phi) is 4.46. The normalized spacial score (nSPS) is 21.5. The van der Waals surface area contributed by atoms with E-state index in [2.05, 4.69) is 22.5 Å². The molecule has 7 heteroatoms. The number of hydrogen-bond acceptors (Lipinski definition) is 5. The lowest BCUT2D eigenvalue weighted by Gasteiger charge is -2.11. The monoisotopic (exact) mass is 351 g/mol. The molecular formula is C16H21N3O2S2. The second-order valence-electron chi connectivity index (χ2n) is 5.99. The van der Waals surface area contributed by atoms with Gasteiger partial charge in [0.05, 0.1) is 11.7 Å². The highest BCUT2D eigenvalue weighted by atomic mass is 32.2. The molecule has 0 saturated carbocycles. The fraction of sp³-hybridized carbons (Fsp3) is 0.375.